The SMILES string of the molecule is C[C@@](O)([C@H](O)c1ccc(O)cc1)N1CCN(C(c2ccccc2)c2ccccc2)CC1. The van der Waals surface area contributed by atoms with Gasteiger partial charge in [0, 0.05) is 26.2 Å². The minimum Gasteiger partial charge on any atom is -0.508 e. The van der Waals surface area contributed by atoms with E-state index >= 15 is 0 Å². The molecule has 0 spiro atoms. The summed E-state index contributed by atoms with van der Waals surface area (Å²) in [6.45, 7) is 4.47. The second kappa shape index (κ2) is 9.20. The van der Waals surface area contributed by atoms with Crippen LogP contribution in [-0.2, 0) is 0 Å². The summed E-state index contributed by atoms with van der Waals surface area (Å²) in [6.07, 6.45) is -1.07. The van der Waals surface area contributed by atoms with Crippen molar-refractivity contribution in [2.75, 3.05) is 26.2 Å². The lowest BCUT2D eigenvalue weighted by Crippen LogP contribution is -2.58. The molecule has 0 amide bonds. The highest BCUT2D eigenvalue weighted by atomic mass is 16.4. The van der Waals surface area contributed by atoms with Crippen molar-refractivity contribution in [3.63, 3.8) is 0 Å². The predicted octanol–water partition coefficient (Wildman–Crippen LogP) is 3.54. The van der Waals surface area contributed by atoms with Crippen molar-refractivity contribution in [3.8, 4) is 5.75 Å². The first-order valence-electron chi connectivity index (χ1n) is 10.7. The van der Waals surface area contributed by atoms with Gasteiger partial charge in [-0.15, -0.1) is 0 Å². The zero-order chi connectivity index (χ0) is 21.8. The number of piperazine rings is 1. The van der Waals surface area contributed by atoms with Crippen LogP contribution >= 0.6 is 0 Å². The Balaban J connectivity index is 1.50. The van der Waals surface area contributed by atoms with Gasteiger partial charge in [0.25, 0.3) is 0 Å². The van der Waals surface area contributed by atoms with Crippen molar-refractivity contribution >= 4 is 0 Å². The molecule has 5 nitrogen and oxygen atoms in total. The van der Waals surface area contributed by atoms with E-state index in [0.717, 1.165) is 13.1 Å². The van der Waals surface area contributed by atoms with Gasteiger partial charge >= 0.3 is 0 Å². The Morgan fingerprint density at radius 3 is 1.68 bits per heavy atom. The molecule has 1 fully saturated rings. The fourth-order valence-corrected chi connectivity index (χ4v) is 4.46. The van der Waals surface area contributed by atoms with Gasteiger partial charge in [-0.05, 0) is 35.7 Å². The minimum atomic E-state index is -1.40. The van der Waals surface area contributed by atoms with Crippen LogP contribution in [0.1, 0.15) is 35.8 Å². The summed E-state index contributed by atoms with van der Waals surface area (Å²) in [5, 5.41) is 31.5. The van der Waals surface area contributed by atoms with Gasteiger partial charge in [-0.3, -0.25) is 9.80 Å². The normalized spacial score (nSPS) is 18.6. The van der Waals surface area contributed by atoms with Crippen LogP contribution < -0.4 is 0 Å². The van der Waals surface area contributed by atoms with E-state index in [-0.39, 0.29) is 11.8 Å². The molecular formula is C26H30N2O3. The lowest BCUT2D eigenvalue weighted by Gasteiger charge is -2.46. The van der Waals surface area contributed by atoms with Crippen LogP contribution in [0.15, 0.2) is 84.9 Å². The summed E-state index contributed by atoms with van der Waals surface area (Å²) in [5.74, 6) is 0.136. The first kappa shape index (κ1) is 21.5. The van der Waals surface area contributed by atoms with Crippen LogP contribution in [0.4, 0.5) is 0 Å². The largest absolute Gasteiger partial charge is 0.508 e. The first-order chi connectivity index (χ1) is 15.0. The molecule has 3 aromatic rings. The van der Waals surface area contributed by atoms with E-state index in [1.807, 2.05) is 17.0 Å². The number of phenols is 1. The summed E-state index contributed by atoms with van der Waals surface area (Å²) < 4.78 is 0. The third-order valence-electron chi connectivity index (χ3n) is 6.28. The summed E-state index contributed by atoms with van der Waals surface area (Å²) in [6, 6.07) is 27.5. The molecular weight excluding hydrogens is 388 g/mol. The van der Waals surface area contributed by atoms with Crippen LogP contribution in [0.5, 0.6) is 5.75 Å². The summed E-state index contributed by atoms with van der Waals surface area (Å²) in [5.41, 5.74) is 1.67. The van der Waals surface area contributed by atoms with Gasteiger partial charge in [-0.1, -0.05) is 72.8 Å². The summed E-state index contributed by atoms with van der Waals surface area (Å²) in [4.78, 5) is 4.37. The van der Waals surface area contributed by atoms with Gasteiger partial charge in [0.15, 0.2) is 0 Å². The van der Waals surface area contributed by atoms with E-state index in [1.165, 1.54) is 23.3 Å². The summed E-state index contributed by atoms with van der Waals surface area (Å²) >= 11 is 0. The Bertz CT molecular complexity index is 913. The minimum absolute atomic E-state index is 0.136. The third-order valence-corrected chi connectivity index (χ3v) is 6.28. The molecule has 31 heavy (non-hydrogen) atoms. The molecule has 1 aliphatic rings. The van der Waals surface area contributed by atoms with E-state index in [9.17, 15) is 15.3 Å². The Labute approximate surface area is 183 Å². The fourth-order valence-electron chi connectivity index (χ4n) is 4.46. The van der Waals surface area contributed by atoms with Crippen molar-refractivity contribution in [3.05, 3.63) is 102 Å². The van der Waals surface area contributed by atoms with Crippen LogP contribution in [-0.4, -0.2) is 57.0 Å². The van der Waals surface area contributed by atoms with Gasteiger partial charge in [0.1, 0.15) is 17.6 Å². The van der Waals surface area contributed by atoms with Crippen molar-refractivity contribution in [1.82, 2.24) is 9.80 Å². The molecule has 0 aromatic heterocycles. The molecule has 0 radical (unpaired) electrons. The second-order valence-electron chi connectivity index (χ2n) is 8.34. The Morgan fingerprint density at radius 2 is 1.19 bits per heavy atom. The number of nitrogens with zero attached hydrogens (tertiary/aromatic N) is 2. The van der Waals surface area contributed by atoms with Crippen molar-refractivity contribution < 1.29 is 15.3 Å². The standard InChI is InChI=1S/C26H30N2O3/c1-26(31,25(30)22-12-14-23(29)15-13-22)28-18-16-27(17-19-28)24(20-8-4-2-5-9-20)21-10-6-3-7-11-21/h2-15,24-25,29-31H,16-19H2,1H3/t25-,26-/m1/s1. The lowest BCUT2D eigenvalue weighted by atomic mass is 9.95. The van der Waals surface area contributed by atoms with Crippen molar-refractivity contribution in [2.45, 2.75) is 24.8 Å². The van der Waals surface area contributed by atoms with Crippen molar-refractivity contribution in [2.24, 2.45) is 0 Å². The van der Waals surface area contributed by atoms with E-state index in [2.05, 4.69) is 53.4 Å². The van der Waals surface area contributed by atoms with Gasteiger partial charge in [-0.2, -0.15) is 0 Å². The number of benzene rings is 3. The molecule has 5 heteroatoms. The monoisotopic (exact) mass is 418 g/mol. The Kier molecular flexibility index (Phi) is 6.39. The average molecular weight is 419 g/mol. The highest BCUT2D eigenvalue weighted by molar-refractivity contribution is 5.32. The van der Waals surface area contributed by atoms with Crippen LogP contribution in [0.2, 0.25) is 0 Å². The molecule has 1 saturated heterocycles. The van der Waals surface area contributed by atoms with E-state index in [1.54, 1.807) is 19.1 Å². The maximum atomic E-state index is 11.2. The van der Waals surface area contributed by atoms with Crippen LogP contribution in [0, 0.1) is 0 Å². The average Bonchev–Trinajstić information content (AvgIpc) is 2.81. The molecule has 1 heterocycles. The number of hydrogen-bond donors (Lipinski definition) is 3. The molecule has 0 saturated carbocycles. The highest BCUT2D eigenvalue weighted by Gasteiger charge is 2.40. The molecule has 0 unspecified atom stereocenters. The fraction of sp³-hybridized carbons (Fsp3) is 0.308. The Hall–Kier alpha value is -2.70. The quantitative estimate of drug-likeness (QED) is 0.571. The molecule has 0 aliphatic carbocycles. The number of phenolic OH excluding ortho intramolecular Hbond substituents is 1. The summed E-state index contributed by atoms with van der Waals surface area (Å²) in [7, 11) is 0. The van der Waals surface area contributed by atoms with Crippen molar-refractivity contribution in [1.29, 1.82) is 0 Å². The molecule has 2 atom stereocenters. The first-order valence-corrected chi connectivity index (χ1v) is 10.7. The molecule has 0 bridgehead atoms. The maximum absolute atomic E-state index is 11.2. The predicted molar refractivity (Wildman–Crippen MR) is 122 cm³/mol. The number of aliphatic hydroxyl groups excluding tert-OH is 1. The highest BCUT2D eigenvalue weighted by Crippen LogP contribution is 2.34. The zero-order valence-electron chi connectivity index (χ0n) is 17.8. The number of hydrogen-bond acceptors (Lipinski definition) is 5. The smallest absolute Gasteiger partial charge is 0.146 e. The molecule has 3 aromatic carbocycles. The van der Waals surface area contributed by atoms with Gasteiger partial charge in [-0.25, -0.2) is 0 Å². The van der Waals surface area contributed by atoms with E-state index in [0.29, 0.717) is 18.7 Å². The Morgan fingerprint density at radius 1 is 0.710 bits per heavy atom. The van der Waals surface area contributed by atoms with Gasteiger partial charge in [0.2, 0.25) is 0 Å². The number of aliphatic hydroxyl groups is 2. The number of aromatic hydroxyl groups is 1. The topological polar surface area (TPSA) is 67.2 Å². The van der Waals surface area contributed by atoms with Crippen LogP contribution in [0.3, 0.4) is 0 Å². The van der Waals surface area contributed by atoms with E-state index < -0.39 is 11.8 Å². The maximum Gasteiger partial charge on any atom is 0.146 e. The molecule has 1 aliphatic heterocycles. The van der Waals surface area contributed by atoms with E-state index in [4.69, 9.17) is 0 Å². The molecule has 162 valence electrons. The second-order valence-corrected chi connectivity index (χ2v) is 8.34. The molecule has 4 rings (SSSR count). The third kappa shape index (κ3) is 4.65. The van der Waals surface area contributed by atoms with Gasteiger partial charge in [0.05, 0.1) is 6.04 Å². The molecule has 3 N–H and O–H groups in total. The van der Waals surface area contributed by atoms with Gasteiger partial charge < -0.3 is 15.3 Å². The lowest BCUT2D eigenvalue weighted by molar-refractivity contribution is -0.180. The number of rotatable bonds is 6. The zero-order valence-corrected chi connectivity index (χ0v) is 17.8. The van der Waals surface area contributed by atoms with Crippen LogP contribution in [0.25, 0.3) is 0 Å².